The number of carbonyl (C=O) groups is 1. The van der Waals surface area contributed by atoms with Crippen molar-refractivity contribution in [3.05, 3.63) is 29.8 Å². The molecule has 0 radical (unpaired) electrons. The van der Waals surface area contributed by atoms with Crippen LogP contribution in [0.1, 0.15) is 37.7 Å². The van der Waals surface area contributed by atoms with Gasteiger partial charge >= 0.3 is 0 Å². The van der Waals surface area contributed by atoms with Gasteiger partial charge in [0.1, 0.15) is 0 Å². The van der Waals surface area contributed by atoms with Crippen LogP contribution in [0.2, 0.25) is 0 Å². The molecule has 1 fully saturated rings. The van der Waals surface area contributed by atoms with Crippen molar-refractivity contribution in [3.8, 4) is 0 Å². The maximum atomic E-state index is 12.2. The third-order valence-corrected chi connectivity index (χ3v) is 4.49. The fourth-order valence-corrected chi connectivity index (χ4v) is 2.88. The zero-order chi connectivity index (χ0) is 15.2. The molecule has 116 valence electrons. The predicted octanol–water partition coefficient (Wildman–Crippen LogP) is 2.22. The van der Waals surface area contributed by atoms with Crippen molar-refractivity contribution >= 4 is 11.6 Å². The van der Waals surface area contributed by atoms with Crippen molar-refractivity contribution in [2.45, 2.75) is 32.1 Å². The van der Waals surface area contributed by atoms with Crippen molar-refractivity contribution < 1.29 is 4.79 Å². The number of rotatable bonds is 5. The van der Waals surface area contributed by atoms with E-state index < -0.39 is 0 Å². The highest BCUT2D eigenvalue weighted by molar-refractivity contribution is 5.83. The first-order chi connectivity index (χ1) is 10.1. The van der Waals surface area contributed by atoms with Crippen LogP contribution in [0.4, 0.5) is 5.69 Å². The van der Waals surface area contributed by atoms with Crippen molar-refractivity contribution in [2.24, 2.45) is 5.92 Å². The van der Waals surface area contributed by atoms with Gasteiger partial charge in [-0.1, -0.05) is 12.1 Å². The third kappa shape index (κ3) is 4.74. The van der Waals surface area contributed by atoms with Gasteiger partial charge in [-0.05, 0) is 69.9 Å². The molecule has 1 unspecified atom stereocenters. The fourth-order valence-electron chi connectivity index (χ4n) is 2.88. The van der Waals surface area contributed by atoms with Gasteiger partial charge < -0.3 is 16.0 Å². The van der Waals surface area contributed by atoms with E-state index in [4.69, 9.17) is 5.73 Å². The molecule has 0 aromatic heterocycles. The summed E-state index contributed by atoms with van der Waals surface area (Å²) in [5.74, 6) is 0.698. The Morgan fingerprint density at radius 3 is 2.81 bits per heavy atom. The van der Waals surface area contributed by atoms with Gasteiger partial charge in [-0.25, -0.2) is 0 Å². The molecule has 0 spiro atoms. The highest BCUT2D eigenvalue weighted by Crippen LogP contribution is 2.20. The molecule has 0 saturated carbocycles. The van der Waals surface area contributed by atoms with Crippen molar-refractivity contribution in [1.82, 2.24) is 10.2 Å². The zero-order valence-corrected chi connectivity index (χ0v) is 13.1. The van der Waals surface area contributed by atoms with Crippen LogP contribution in [-0.4, -0.2) is 37.5 Å². The quantitative estimate of drug-likeness (QED) is 0.817. The van der Waals surface area contributed by atoms with Gasteiger partial charge in [0.2, 0.25) is 5.91 Å². The van der Waals surface area contributed by atoms with Gasteiger partial charge in [-0.2, -0.15) is 0 Å². The van der Waals surface area contributed by atoms with Crippen molar-refractivity contribution in [2.75, 3.05) is 32.4 Å². The largest absolute Gasteiger partial charge is 0.399 e. The number of benzene rings is 1. The number of nitrogen functional groups attached to an aromatic ring is 1. The molecular formula is C17H27N3O. The maximum Gasteiger partial charge on any atom is 0.227 e. The van der Waals surface area contributed by atoms with E-state index in [1.54, 1.807) is 0 Å². The van der Waals surface area contributed by atoms with Crippen LogP contribution in [0.15, 0.2) is 24.3 Å². The summed E-state index contributed by atoms with van der Waals surface area (Å²) < 4.78 is 0. The summed E-state index contributed by atoms with van der Waals surface area (Å²) in [6.07, 6.45) is 3.58. The molecule has 21 heavy (non-hydrogen) atoms. The van der Waals surface area contributed by atoms with Crippen LogP contribution in [0, 0.1) is 5.92 Å². The molecule has 4 heteroatoms. The van der Waals surface area contributed by atoms with Gasteiger partial charge in [0.15, 0.2) is 0 Å². The van der Waals surface area contributed by atoms with E-state index in [-0.39, 0.29) is 11.8 Å². The van der Waals surface area contributed by atoms with Crippen LogP contribution in [0.5, 0.6) is 0 Å². The van der Waals surface area contributed by atoms with E-state index in [0.29, 0.717) is 5.69 Å². The number of nitrogens with two attached hydrogens (primary N) is 1. The summed E-state index contributed by atoms with van der Waals surface area (Å²) >= 11 is 0. The average molecular weight is 289 g/mol. The maximum absolute atomic E-state index is 12.2. The molecule has 0 aliphatic carbocycles. The minimum atomic E-state index is -0.147. The van der Waals surface area contributed by atoms with Crippen LogP contribution < -0.4 is 11.1 Å². The lowest BCUT2D eigenvalue weighted by Gasteiger charge is -2.29. The fraction of sp³-hybridized carbons (Fsp3) is 0.588. The summed E-state index contributed by atoms with van der Waals surface area (Å²) in [4.78, 5) is 14.6. The molecule has 1 aromatic carbocycles. The first-order valence-electron chi connectivity index (χ1n) is 7.88. The summed E-state index contributed by atoms with van der Waals surface area (Å²) in [5, 5.41) is 3.07. The van der Waals surface area contributed by atoms with Gasteiger partial charge in [-0.15, -0.1) is 0 Å². The van der Waals surface area contributed by atoms with E-state index in [1.165, 1.54) is 25.9 Å². The molecule has 2 rings (SSSR count). The van der Waals surface area contributed by atoms with Gasteiger partial charge in [0.25, 0.3) is 0 Å². The summed E-state index contributed by atoms with van der Waals surface area (Å²) in [5.41, 5.74) is 7.46. The number of hydrogen-bond acceptors (Lipinski definition) is 3. The number of hydrogen-bond donors (Lipinski definition) is 2. The molecule has 1 aromatic rings. The Kier molecular flexibility index (Phi) is 5.62. The molecule has 1 heterocycles. The van der Waals surface area contributed by atoms with Crippen LogP contribution in [0.3, 0.4) is 0 Å². The normalized spacial score (nSPS) is 18.4. The lowest BCUT2D eigenvalue weighted by atomic mass is 9.93. The average Bonchev–Trinajstić information content (AvgIpc) is 2.48. The first-order valence-corrected chi connectivity index (χ1v) is 7.88. The molecule has 1 atom stereocenters. The molecular weight excluding hydrogens is 262 g/mol. The van der Waals surface area contributed by atoms with Crippen molar-refractivity contribution in [3.63, 3.8) is 0 Å². The van der Waals surface area contributed by atoms with Crippen LogP contribution >= 0.6 is 0 Å². The third-order valence-electron chi connectivity index (χ3n) is 4.49. The predicted molar refractivity (Wildman–Crippen MR) is 87.1 cm³/mol. The number of nitrogens with zero attached hydrogens (tertiary/aromatic N) is 1. The zero-order valence-electron chi connectivity index (χ0n) is 13.1. The van der Waals surface area contributed by atoms with E-state index in [2.05, 4.69) is 17.3 Å². The molecule has 1 aliphatic rings. The molecule has 1 amide bonds. The second kappa shape index (κ2) is 7.46. The summed E-state index contributed by atoms with van der Waals surface area (Å²) in [6, 6.07) is 7.57. The number of carbonyl (C=O) groups excluding carboxylic acids is 1. The Hall–Kier alpha value is -1.55. The standard InChI is InChI=1S/C17H27N3O/c1-13(15-4-3-5-16(18)12-15)17(21)19-9-6-14-7-10-20(2)11-8-14/h3-5,12-14H,6-11,18H2,1-2H3,(H,19,21). The number of piperidine rings is 1. The van der Waals surface area contributed by atoms with Gasteiger partial charge in [-0.3, -0.25) is 4.79 Å². The Labute approximate surface area is 127 Å². The Bertz CT molecular complexity index is 467. The smallest absolute Gasteiger partial charge is 0.227 e. The van der Waals surface area contributed by atoms with E-state index in [1.807, 2.05) is 31.2 Å². The van der Waals surface area contributed by atoms with Crippen molar-refractivity contribution in [1.29, 1.82) is 0 Å². The highest BCUT2D eigenvalue weighted by Gasteiger charge is 2.18. The number of likely N-dealkylation sites (tertiary alicyclic amines) is 1. The number of amides is 1. The highest BCUT2D eigenvalue weighted by atomic mass is 16.1. The SMILES string of the molecule is CC(C(=O)NCCC1CCN(C)CC1)c1cccc(N)c1. The molecule has 1 saturated heterocycles. The minimum absolute atomic E-state index is 0.0912. The lowest BCUT2D eigenvalue weighted by Crippen LogP contribution is -2.33. The lowest BCUT2D eigenvalue weighted by molar-refractivity contribution is -0.122. The number of nitrogens with one attached hydrogen (secondary N) is 1. The van der Waals surface area contributed by atoms with E-state index in [9.17, 15) is 4.79 Å². The topological polar surface area (TPSA) is 58.4 Å². The molecule has 3 N–H and O–H groups in total. The first kappa shape index (κ1) is 15.8. The summed E-state index contributed by atoms with van der Waals surface area (Å²) in [7, 11) is 2.17. The van der Waals surface area contributed by atoms with Gasteiger partial charge in [0, 0.05) is 12.2 Å². The van der Waals surface area contributed by atoms with Gasteiger partial charge in [0.05, 0.1) is 5.92 Å². The second-order valence-corrected chi connectivity index (χ2v) is 6.22. The molecule has 0 bridgehead atoms. The van der Waals surface area contributed by atoms with E-state index >= 15 is 0 Å². The van der Waals surface area contributed by atoms with Crippen LogP contribution in [-0.2, 0) is 4.79 Å². The molecule has 1 aliphatic heterocycles. The Balaban J connectivity index is 1.74. The molecule has 4 nitrogen and oxygen atoms in total. The minimum Gasteiger partial charge on any atom is -0.399 e. The Morgan fingerprint density at radius 1 is 1.43 bits per heavy atom. The second-order valence-electron chi connectivity index (χ2n) is 6.22. The van der Waals surface area contributed by atoms with E-state index in [0.717, 1.165) is 24.4 Å². The number of anilines is 1. The Morgan fingerprint density at radius 2 is 2.14 bits per heavy atom. The van der Waals surface area contributed by atoms with Crippen LogP contribution in [0.25, 0.3) is 0 Å². The summed E-state index contributed by atoms with van der Waals surface area (Å²) in [6.45, 7) is 5.07. The monoisotopic (exact) mass is 289 g/mol.